The Morgan fingerprint density at radius 1 is 1.80 bits per heavy atom. The summed E-state index contributed by atoms with van der Waals surface area (Å²) in [7, 11) is 0. The van der Waals surface area contributed by atoms with Crippen LogP contribution in [0.25, 0.3) is 0 Å². The highest BCUT2D eigenvalue weighted by molar-refractivity contribution is 5.76. The van der Waals surface area contributed by atoms with Gasteiger partial charge in [0.25, 0.3) is 0 Å². The lowest BCUT2D eigenvalue weighted by molar-refractivity contribution is -0.151. The highest BCUT2D eigenvalue weighted by atomic mass is 16.6. The summed E-state index contributed by atoms with van der Waals surface area (Å²) < 4.78 is 4.47. The number of hydrogen-bond acceptors (Lipinski definition) is 4. The van der Waals surface area contributed by atoms with E-state index in [9.17, 15) is 4.79 Å². The largest absolute Gasteiger partial charge is 0.427 e. The summed E-state index contributed by atoms with van der Waals surface area (Å²) in [6.45, 7) is -0.293. The number of aliphatic hydroxyl groups is 2. The predicted molar refractivity (Wildman–Crippen MR) is 31.9 cm³/mol. The van der Waals surface area contributed by atoms with Crippen molar-refractivity contribution < 1.29 is 19.7 Å². The average Bonchev–Trinajstić information content (AvgIpc) is 1.95. The number of carbonyl (C=O) groups excluding carboxylic acids is 1. The summed E-state index contributed by atoms with van der Waals surface area (Å²) in [5.74, 6) is -0.471. The maximum atomic E-state index is 10.5. The van der Waals surface area contributed by atoms with E-state index in [-0.39, 0.29) is 18.8 Å². The van der Waals surface area contributed by atoms with Gasteiger partial charge in [-0.2, -0.15) is 0 Å². The fraction of sp³-hybridized carbons (Fsp3) is 0.500. The third-order valence-corrected chi connectivity index (χ3v) is 1.23. The monoisotopic (exact) mass is 144 g/mol. The van der Waals surface area contributed by atoms with E-state index < -0.39 is 12.1 Å². The van der Waals surface area contributed by atoms with Crippen LogP contribution in [0.2, 0.25) is 0 Å². The number of cyclic esters (lactones) is 1. The molecule has 1 aliphatic rings. The molecule has 2 N–H and O–H groups in total. The second-order valence-corrected chi connectivity index (χ2v) is 2.00. The minimum absolute atomic E-state index is 0.218. The Labute approximate surface area is 57.7 Å². The molecule has 1 heterocycles. The third-order valence-electron chi connectivity index (χ3n) is 1.23. The average molecular weight is 144 g/mol. The van der Waals surface area contributed by atoms with Gasteiger partial charge in [0.2, 0.25) is 0 Å². The molecule has 0 aromatic rings. The summed E-state index contributed by atoms with van der Waals surface area (Å²) in [6.07, 6.45) is 0.663. The predicted octanol–water partition coefficient (Wildman–Crippen LogP) is -0.830. The summed E-state index contributed by atoms with van der Waals surface area (Å²) in [5, 5.41) is 17.3. The second-order valence-electron chi connectivity index (χ2n) is 2.00. The van der Waals surface area contributed by atoms with E-state index in [1.165, 1.54) is 6.08 Å². The van der Waals surface area contributed by atoms with Crippen LogP contribution in [0.1, 0.15) is 6.42 Å². The van der Waals surface area contributed by atoms with Gasteiger partial charge in [0, 0.05) is 6.42 Å². The van der Waals surface area contributed by atoms with Gasteiger partial charge in [-0.3, -0.25) is 0 Å². The summed E-state index contributed by atoms with van der Waals surface area (Å²) in [4.78, 5) is 10.5. The molecule has 10 heavy (non-hydrogen) atoms. The Hall–Kier alpha value is -0.870. The van der Waals surface area contributed by atoms with Crippen molar-refractivity contribution in [3.63, 3.8) is 0 Å². The molecule has 4 nitrogen and oxygen atoms in total. The maximum Gasteiger partial charge on any atom is 0.340 e. The molecule has 1 aliphatic heterocycles. The summed E-state index contributed by atoms with van der Waals surface area (Å²) >= 11 is 0. The van der Waals surface area contributed by atoms with Crippen molar-refractivity contribution in [3.05, 3.63) is 11.8 Å². The van der Waals surface area contributed by atoms with Crippen LogP contribution in [0, 0.1) is 0 Å². The van der Waals surface area contributed by atoms with E-state index in [4.69, 9.17) is 10.2 Å². The highest BCUT2D eigenvalue weighted by Gasteiger charge is 2.21. The lowest BCUT2D eigenvalue weighted by Gasteiger charge is -2.14. The number of carbonyl (C=O) groups is 1. The first-order valence-corrected chi connectivity index (χ1v) is 2.93. The van der Waals surface area contributed by atoms with E-state index in [2.05, 4.69) is 4.74 Å². The fourth-order valence-electron chi connectivity index (χ4n) is 0.675. The van der Waals surface area contributed by atoms with Crippen molar-refractivity contribution in [2.24, 2.45) is 0 Å². The number of hydrogen-bond donors (Lipinski definition) is 2. The van der Waals surface area contributed by atoms with Crippen molar-refractivity contribution in [2.45, 2.75) is 12.5 Å². The minimum Gasteiger partial charge on any atom is -0.427 e. The number of esters is 1. The standard InChI is InChI=1S/C6H8O4/c7-3-4-1-2-5(8)6(9)10-4/h1,5,7-8H,2-3H2. The third kappa shape index (κ3) is 1.34. The smallest absolute Gasteiger partial charge is 0.340 e. The van der Waals surface area contributed by atoms with Crippen LogP contribution in [0.15, 0.2) is 11.8 Å². The molecule has 0 spiro atoms. The SMILES string of the molecule is O=C1OC(CO)=CCC1O. The van der Waals surface area contributed by atoms with E-state index >= 15 is 0 Å². The van der Waals surface area contributed by atoms with Crippen LogP contribution < -0.4 is 0 Å². The van der Waals surface area contributed by atoms with Gasteiger partial charge >= 0.3 is 5.97 Å². The van der Waals surface area contributed by atoms with Gasteiger partial charge in [0.15, 0.2) is 6.10 Å². The van der Waals surface area contributed by atoms with Gasteiger partial charge in [0.05, 0.1) is 0 Å². The Kier molecular flexibility index (Phi) is 2.03. The molecule has 1 unspecified atom stereocenters. The minimum atomic E-state index is -1.06. The molecule has 1 rings (SSSR count). The van der Waals surface area contributed by atoms with Gasteiger partial charge in [-0.15, -0.1) is 0 Å². The van der Waals surface area contributed by atoms with E-state index in [1.807, 2.05) is 0 Å². The first-order chi connectivity index (χ1) is 4.74. The zero-order valence-electron chi connectivity index (χ0n) is 5.28. The first-order valence-electron chi connectivity index (χ1n) is 2.93. The molecule has 0 aromatic carbocycles. The van der Waals surface area contributed by atoms with Crippen molar-refractivity contribution in [1.29, 1.82) is 0 Å². The molecular weight excluding hydrogens is 136 g/mol. The lowest BCUT2D eigenvalue weighted by Crippen LogP contribution is -2.26. The Morgan fingerprint density at radius 2 is 2.50 bits per heavy atom. The van der Waals surface area contributed by atoms with Gasteiger partial charge in [-0.1, -0.05) is 0 Å². The van der Waals surface area contributed by atoms with Crippen molar-refractivity contribution >= 4 is 5.97 Å². The van der Waals surface area contributed by atoms with E-state index in [0.29, 0.717) is 0 Å². The zero-order chi connectivity index (χ0) is 7.56. The lowest BCUT2D eigenvalue weighted by atomic mass is 10.2. The Balaban J connectivity index is 2.61. The summed E-state index contributed by atoms with van der Waals surface area (Å²) in [5.41, 5.74) is 0. The molecule has 4 heteroatoms. The molecule has 0 amide bonds. The molecule has 56 valence electrons. The molecule has 0 aliphatic carbocycles. The molecule has 1 atom stereocenters. The zero-order valence-corrected chi connectivity index (χ0v) is 5.28. The number of rotatable bonds is 1. The van der Waals surface area contributed by atoms with Gasteiger partial charge < -0.3 is 14.9 Å². The highest BCUT2D eigenvalue weighted by Crippen LogP contribution is 2.10. The van der Waals surface area contributed by atoms with Gasteiger partial charge in [-0.05, 0) is 6.08 Å². The quantitative estimate of drug-likeness (QED) is 0.471. The van der Waals surface area contributed by atoms with Crippen LogP contribution >= 0.6 is 0 Å². The normalized spacial score (nSPS) is 25.6. The second kappa shape index (κ2) is 2.81. The fourth-order valence-corrected chi connectivity index (χ4v) is 0.675. The van der Waals surface area contributed by atoms with Crippen LogP contribution in [0.5, 0.6) is 0 Å². The molecular formula is C6H8O4. The van der Waals surface area contributed by atoms with Gasteiger partial charge in [0.1, 0.15) is 12.4 Å². The van der Waals surface area contributed by atoms with E-state index in [1.54, 1.807) is 0 Å². The Bertz CT molecular complexity index is 173. The summed E-state index contributed by atoms with van der Waals surface area (Å²) in [6, 6.07) is 0. The maximum absolute atomic E-state index is 10.5. The van der Waals surface area contributed by atoms with Crippen molar-refractivity contribution in [1.82, 2.24) is 0 Å². The van der Waals surface area contributed by atoms with Crippen LogP contribution in [-0.4, -0.2) is 28.9 Å². The molecule has 0 fully saturated rings. The van der Waals surface area contributed by atoms with Gasteiger partial charge in [-0.25, -0.2) is 4.79 Å². The number of ether oxygens (including phenoxy) is 1. The van der Waals surface area contributed by atoms with E-state index in [0.717, 1.165) is 0 Å². The molecule has 0 radical (unpaired) electrons. The van der Waals surface area contributed by atoms with Crippen LogP contribution in [0.3, 0.4) is 0 Å². The number of aliphatic hydroxyl groups excluding tert-OH is 2. The van der Waals surface area contributed by atoms with Crippen molar-refractivity contribution in [3.8, 4) is 0 Å². The Morgan fingerprint density at radius 3 is 3.00 bits per heavy atom. The molecule has 0 bridgehead atoms. The van der Waals surface area contributed by atoms with Crippen LogP contribution in [0.4, 0.5) is 0 Å². The molecule has 0 aromatic heterocycles. The van der Waals surface area contributed by atoms with Crippen LogP contribution in [-0.2, 0) is 9.53 Å². The topological polar surface area (TPSA) is 66.8 Å². The molecule has 0 saturated carbocycles. The first kappa shape index (κ1) is 7.24. The molecule has 0 saturated heterocycles. The van der Waals surface area contributed by atoms with Crippen molar-refractivity contribution in [2.75, 3.05) is 6.61 Å².